The summed E-state index contributed by atoms with van der Waals surface area (Å²) in [6, 6.07) is 0. The van der Waals surface area contributed by atoms with Crippen molar-refractivity contribution < 1.29 is 9.47 Å². The highest BCUT2D eigenvalue weighted by Gasteiger charge is 2.29. The maximum atomic E-state index is 5.82. The van der Waals surface area contributed by atoms with Crippen LogP contribution >= 0.6 is 0 Å². The number of ether oxygens (including phenoxy) is 2. The minimum absolute atomic E-state index is 0.263. The van der Waals surface area contributed by atoms with Gasteiger partial charge in [-0.25, -0.2) is 0 Å². The van der Waals surface area contributed by atoms with Crippen LogP contribution in [0.2, 0.25) is 0 Å². The summed E-state index contributed by atoms with van der Waals surface area (Å²) in [5.41, 5.74) is 6.09. The number of nitrogens with two attached hydrogens (primary N) is 1. The van der Waals surface area contributed by atoms with Crippen LogP contribution in [0.3, 0.4) is 0 Å². The third kappa shape index (κ3) is 3.91. The number of hydrogen-bond donors (Lipinski definition) is 2. The Labute approximate surface area is 119 Å². The Morgan fingerprint density at radius 3 is 2.75 bits per heavy atom. The number of nitrogens with zero attached hydrogens (tertiary/aromatic N) is 3. The van der Waals surface area contributed by atoms with Gasteiger partial charge in [0.15, 0.2) is 5.82 Å². The van der Waals surface area contributed by atoms with E-state index in [2.05, 4.69) is 27.0 Å². The zero-order valence-electron chi connectivity index (χ0n) is 12.4. The molecule has 0 saturated carbocycles. The molecule has 1 aliphatic rings. The smallest absolute Gasteiger partial charge is 0.244 e. The maximum absolute atomic E-state index is 5.82. The fourth-order valence-electron chi connectivity index (χ4n) is 2.25. The predicted octanol–water partition coefficient (Wildman–Crippen LogP) is 0.533. The van der Waals surface area contributed by atoms with Crippen molar-refractivity contribution in [3.05, 3.63) is 5.82 Å². The number of anilines is 1. The molecule has 0 atom stereocenters. The number of H-pyrrole nitrogens is 1. The maximum Gasteiger partial charge on any atom is 0.244 e. The van der Waals surface area contributed by atoms with Crippen molar-refractivity contribution in [3.8, 4) is 0 Å². The summed E-state index contributed by atoms with van der Waals surface area (Å²) in [7, 11) is 1.65. The average molecular weight is 283 g/mol. The molecule has 1 saturated heterocycles. The molecule has 0 aliphatic carbocycles. The third-order valence-electron chi connectivity index (χ3n) is 3.94. The van der Waals surface area contributed by atoms with Gasteiger partial charge >= 0.3 is 0 Å². The van der Waals surface area contributed by atoms with E-state index in [4.69, 9.17) is 15.2 Å². The summed E-state index contributed by atoms with van der Waals surface area (Å²) in [5.74, 6) is 1.51. The molecule has 0 spiro atoms. The molecule has 0 bridgehead atoms. The van der Waals surface area contributed by atoms with Gasteiger partial charge in [-0.1, -0.05) is 6.92 Å². The summed E-state index contributed by atoms with van der Waals surface area (Å²) in [5, 5.41) is 7.18. The third-order valence-corrected chi connectivity index (χ3v) is 3.94. The molecule has 7 heteroatoms. The van der Waals surface area contributed by atoms with E-state index in [0.29, 0.717) is 19.8 Å². The highest BCUT2D eigenvalue weighted by atomic mass is 16.5. The Hall–Kier alpha value is -1.18. The summed E-state index contributed by atoms with van der Waals surface area (Å²) < 4.78 is 10.3. The second kappa shape index (κ2) is 7.01. The van der Waals surface area contributed by atoms with Gasteiger partial charge in [0.1, 0.15) is 6.61 Å². The van der Waals surface area contributed by atoms with Gasteiger partial charge in [0.25, 0.3) is 0 Å². The molecule has 3 N–H and O–H groups in total. The van der Waals surface area contributed by atoms with E-state index in [0.717, 1.165) is 44.2 Å². The van der Waals surface area contributed by atoms with Crippen LogP contribution in [0.1, 0.15) is 25.6 Å². The topological polar surface area (TPSA) is 89.3 Å². The summed E-state index contributed by atoms with van der Waals surface area (Å²) >= 11 is 0. The number of nitrogens with one attached hydrogen (secondary N) is 1. The van der Waals surface area contributed by atoms with Gasteiger partial charge < -0.3 is 20.1 Å². The molecule has 0 unspecified atom stereocenters. The Balaban J connectivity index is 1.81. The first kappa shape index (κ1) is 15.2. The van der Waals surface area contributed by atoms with Crippen molar-refractivity contribution >= 4 is 5.95 Å². The molecule has 1 aromatic heterocycles. The fourth-order valence-corrected chi connectivity index (χ4v) is 2.25. The molecule has 114 valence electrons. The number of methoxy groups -OCH3 is 1. The molecular weight excluding hydrogens is 258 g/mol. The monoisotopic (exact) mass is 283 g/mol. The van der Waals surface area contributed by atoms with Gasteiger partial charge in [-0.05, 0) is 24.8 Å². The minimum atomic E-state index is 0.263. The van der Waals surface area contributed by atoms with Crippen LogP contribution in [0, 0.1) is 5.41 Å². The highest BCUT2D eigenvalue weighted by Crippen LogP contribution is 2.30. The number of aromatic nitrogens is 3. The minimum Gasteiger partial charge on any atom is -0.382 e. The Bertz CT molecular complexity index is 401. The lowest BCUT2D eigenvalue weighted by atomic mass is 9.81. The van der Waals surface area contributed by atoms with Crippen LogP contribution in [0.5, 0.6) is 0 Å². The first-order valence-electron chi connectivity index (χ1n) is 7.10. The normalized spacial score (nSPS) is 18.4. The average Bonchev–Trinajstić information content (AvgIpc) is 2.93. The Morgan fingerprint density at radius 1 is 1.35 bits per heavy atom. The molecule has 2 heterocycles. The molecule has 7 nitrogen and oxygen atoms in total. The molecule has 1 aromatic rings. The molecule has 0 amide bonds. The van der Waals surface area contributed by atoms with Crippen LogP contribution in [0.15, 0.2) is 0 Å². The largest absolute Gasteiger partial charge is 0.382 e. The molecule has 1 aliphatic heterocycles. The van der Waals surface area contributed by atoms with Crippen LogP contribution in [0.25, 0.3) is 0 Å². The molecule has 0 aromatic carbocycles. The predicted molar refractivity (Wildman–Crippen MR) is 76.5 cm³/mol. The van der Waals surface area contributed by atoms with E-state index in [1.54, 1.807) is 7.11 Å². The quantitative estimate of drug-likeness (QED) is 0.710. The van der Waals surface area contributed by atoms with E-state index < -0.39 is 0 Å². The van der Waals surface area contributed by atoms with Crippen molar-refractivity contribution in [1.82, 2.24) is 15.2 Å². The summed E-state index contributed by atoms with van der Waals surface area (Å²) in [6.45, 7) is 6.48. The lowest BCUT2D eigenvalue weighted by Crippen LogP contribution is -2.42. The van der Waals surface area contributed by atoms with Crippen LogP contribution in [-0.4, -0.2) is 55.1 Å². The van der Waals surface area contributed by atoms with Gasteiger partial charge in [-0.2, -0.15) is 4.98 Å². The zero-order chi connectivity index (χ0) is 14.4. The Kier molecular flexibility index (Phi) is 5.33. The van der Waals surface area contributed by atoms with Crippen molar-refractivity contribution in [2.45, 2.75) is 26.4 Å². The lowest BCUT2D eigenvalue weighted by Gasteiger charge is -2.38. The van der Waals surface area contributed by atoms with Crippen LogP contribution < -0.4 is 10.6 Å². The van der Waals surface area contributed by atoms with Gasteiger partial charge in [0, 0.05) is 20.2 Å². The SMILES string of the molecule is COCCOCc1nc(N2CCC(C)(CN)CC2)n[nH]1. The van der Waals surface area contributed by atoms with E-state index in [1.807, 2.05) is 0 Å². The first-order chi connectivity index (χ1) is 9.67. The standard InChI is InChI=1S/C13H25N5O2/c1-13(10-14)3-5-18(6-4-13)12-15-11(16-17-12)9-20-8-7-19-2/h3-10,14H2,1-2H3,(H,15,16,17). The summed E-state index contributed by atoms with van der Waals surface area (Å²) in [4.78, 5) is 6.67. The van der Waals surface area contributed by atoms with Gasteiger partial charge in [0.2, 0.25) is 5.95 Å². The number of aromatic amines is 1. The zero-order valence-corrected chi connectivity index (χ0v) is 12.4. The van der Waals surface area contributed by atoms with Gasteiger partial charge in [0.05, 0.1) is 13.2 Å². The van der Waals surface area contributed by atoms with Crippen molar-refractivity contribution in [3.63, 3.8) is 0 Å². The van der Waals surface area contributed by atoms with Gasteiger partial charge in [-0.15, -0.1) is 5.10 Å². The Morgan fingerprint density at radius 2 is 2.10 bits per heavy atom. The second-order valence-electron chi connectivity index (χ2n) is 5.63. The lowest BCUT2D eigenvalue weighted by molar-refractivity contribution is 0.0587. The molecule has 2 rings (SSSR count). The van der Waals surface area contributed by atoms with E-state index in [1.165, 1.54) is 0 Å². The van der Waals surface area contributed by atoms with Crippen LogP contribution in [-0.2, 0) is 16.1 Å². The van der Waals surface area contributed by atoms with E-state index in [-0.39, 0.29) is 5.41 Å². The molecule has 0 radical (unpaired) electrons. The summed E-state index contributed by atoms with van der Waals surface area (Å²) in [6.07, 6.45) is 2.16. The number of rotatable bonds is 7. The second-order valence-corrected chi connectivity index (χ2v) is 5.63. The fraction of sp³-hybridized carbons (Fsp3) is 0.846. The first-order valence-corrected chi connectivity index (χ1v) is 7.10. The van der Waals surface area contributed by atoms with E-state index in [9.17, 15) is 0 Å². The molecule has 20 heavy (non-hydrogen) atoms. The number of piperidine rings is 1. The van der Waals surface area contributed by atoms with Crippen molar-refractivity contribution in [2.75, 3.05) is 44.9 Å². The van der Waals surface area contributed by atoms with E-state index >= 15 is 0 Å². The molecular formula is C13H25N5O2. The highest BCUT2D eigenvalue weighted by molar-refractivity contribution is 5.29. The van der Waals surface area contributed by atoms with Gasteiger partial charge in [-0.3, -0.25) is 5.10 Å². The number of hydrogen-bond acceptors (Lipinski definition) is 6. The van der Waals surface area contributed by atoms with Crippen LogP contribution in [0.4, 0.5) is 5.95 Å². The van der Waals surface area contributed by atoms with Crippen molar-refractivity contribution in [2.24, 2.45) is 11.1 Å². The van der Waals surface area contributed by atoms with Crippen molar-refractivity contribution in [1.29, 1.82) is 0 Å². The molecule has 1 fully saturated rings.